The molecule has 0 atom stereocenters. The van der Waals surface area contributed by atoms with Gasteiger partial charge in [-0.3, -0.25) is 0 Å². The highest BCUT2D eigenvalue weighted by Crippen LogP contribution is 2.36. The lowest BCUT2D eigenvalue weighted by molar-refractivity contribution is 0.105. The van der Waals surface area contributed by atoms with E-state index < -0.39 is 0 Å². The first-order chi connectivity index (χ1) is 8.79. The fourth-order valence-corrected chi connectivity index (χ4v) is 4.10. The van der Waals surface area contributed by atoms with Crippen molar-refractivity contribution in [2.45, 2.75) is 77.2 Å². The summed E-state index contributed by atoms with van der Waals surface area (Å²) in [7, 11) is 0. The normalized spacial score (nSPS) is 25.5. The average Bonchev–Trinajstić information content (AvgIpc) is 2.83. The molecule has 2 fully saturated rings. The second kappa shape index (κ2) is 6.91. The Morgan fingerprint density at radius 1 is 1.00 bits per heavy atom. The standard InChI is InChI=1S/C16H32N2/c1-2-18(15-9-5-6-10-15)14-16(13-17)11-7-3-4-8-12-16/h15H,2-14,17H2,1H3. The van der Waals surface area contributed by atoms with Crippen LogP contribution in [0.4, 0.5) is 0 Å². The highest BCUT2D eigenvalue weighted by atomic mass is 15.2. The third-order valence-electron chi connectivity index (χ3n) is 5.38. The second-order valence-electron chi connectivity index (χ2n) is 6.62. The van der Waals surface area contributed by atoms with Crippen LogP contribution >= 0.6 is 0 Å². The minimum atomic E-state index is 0.440. The zero-order valence-corrected chi connectivity index (χ0v) is 12.3. The van der Waals surface area contributed by atoms with E-state index in [2.05, 4.69) is 11.8 Å². The van der Waals surface area contributed by atoms with Crippen LogP contribution in [0.2, 0.25) is 0 Å². The summed E-state index contributed by atoms with van der Waals surface area (Å²) in [6.07, 6.45) is 14.1. The van der Waals surface area contributed by atoms with Crippen LogP contribution in [-0.2, 0) is 0 Å². The van der Waals surface area contributed by atoms with Gasteiger partial charge >= 0.3 is 0 Å². The van der Waals surface area contributed by atoms with Crippen molar-refractivity contribution in [3.05, 3.63) is 0 Å². The highest BCUT2D eigenvalue weighted by molar-refractivity contribution is 4.88. The van der Waals surface area contributed by atoms with Crippen LogP contribution in [0.15, 0.2) is 0 Å². The maximum Gasteiger partial charge on any atom is 0.00953 e. The van der Waals surface area contributed by atoms with Crippen molar-refractivity contribution in [1.82, 2.24) is 4.90 Å². The first-order valence-electron chi connectivity index (χ1n) is 8.24. The van der Waals surface area contributed by atoms with Crippen LogP contribution in [-0.4, -0.2) is 30.6 Å². The summed E-state index contributed by atoms with van der Waals surface area (Å²) in [5.74, 6) is 0. The van der Waals surface area contributed by atoms with E-state index in [0.29, 0.717) is 5.41 Å². The van der Waals surface area contributed by atoms with Gasteiger partial charge in [-0.05, 0) is 44.2 Å². The van der Waals surface area contributed by atoms with Gasteiger partial charge in [0.2, 0.25) is 0 Å². The van der Waals surface area contributed by atoms with Crippen molar-refractivity contribution < 1.29 is 0 Å². The molecule has 0 saturated heterocycles. The molecular weight excluding hydrogens is 220 g/mol. The molecule has 0 aliphatic heterocycles. The Bertz CT molecular complexity index is 225. The molecule has 2 aliphatic rings. The Hall–Kier alpha value is -0.0800. The topological polar surface area (TPSA) is 29.3 Å². The van der Waals surface area contributed by atoms with Crippen LogP contribution in [0.5, 0.6) is 0 Å². The fourth-order valence-electron chi connectivity index (χ4n) is 4.10. The largest absolute Gasteiger partial charge is 0.330 e. The van der Waals surface area contributed by atoms with Crippen molar-refractivity contribution in [1.29, 1.82) is 0 Å². The van der Waals surface area contributed by atoms with E-state index in [1.54, 1.807) is 0 Å². The summed E-state index contributed by atoms with van der Waals surface area (Å²) >= 11 is 0. The molecule has 2 saturated carbocycles. The quantitative estimate of drug-likeness (QED) is 0.758. The molecule has 18 heavy (non-hydrogen) atoms. The number of rotatable bonds is 5. The number of hydrogen-bond donors (Lipinski definition) is 1. The van der Waals surface area contributed by atoms with E-state index in [1.165, 1.54) is 77.3 Å². The average molecular weight is 252 g/mol. The van der Waals surface area contributed by atoms with Crippen LogP contribution in [0, 0.1) is 5.41 Å². The van der Waals surface area contributed by atoms with Gasteiger partial charge in [0.25, 0.3) is 0 Å². The zero-order chi connectivity index (χ0) is 12.8. The van der Waals surface area contributed by atoms with Crippen molar-refractivity contribution in [2.24, 2.45) is 11.1 Å². The van der Waals surface area contributed by atoms with Crippen LogP contribution in [0.25, 0.3) is 0 Å². The smallest absolute Gasteiger partial charge is 0.00953 e. The molecule has 0 aromatic carbocycles. The molecule has 106 valence electrons. The number of nitrogens with zero attached hydrogens (tertiary/aromatic N) is 1. The monoisotopic (exact) mass is 252 g/mol. The molecule has 2 rings (SSSR count). The SMILES string of the molecule is CCN(CC1(CN)CCCCCC1)C1CCCC1. The Morgan fingerprint density at radius 3 is 2.11 bits per heavy atom. The van der Waals surface area contributed by atoms with Gasteiger partial charge in [-0.25, -0.2) is 0 Å². The number of nitrogens with two attached hydrogens (primary N) is 1. The van der Waals surface area contributed by atoms with Crippen LogP contribution < -0.4 is 5.73 Å². The Morgan fingerprint density at radius 2 is 1.61 bits per heavy atom. The van der Waals surface area contributed by atoms with Crippen molar-refractivity contribution in [3.63, 3.8) is 0 Å². The highest BCUT2D eigenvalue weighted by Gasteiger charge is 2.33. The summed E-state index contributed by atoms with van der Waals surface area (Å²) in [6, 6.07) is 0.863. The zero-order valence-electron chi connectivity index (χ0n) is 12.3. The van der Waals surface area contributed by atoms with Crippen molar-refractivity contribution in [2.75, 3.05) is 19.6 Å². The molecule has 0 aromatic rings. The van der Waals surface area contributed by atoms with E-state index in [4.69, 9.17) is 5.73 Å². The Labute approximate surface area is 113 Å². The first-order valence-corrected chi connectivity index (χ1v) is 8.24. The van der Waals surface area contributed by atoms with Gasteiger partial charge < -0.3 is 10.6 Å². The van der Waals surface area contributed by atoms with Crippen LogP contribution in [0.3, 0.4) is 0 Å². The molecule has 0 radical (unpaired) electrons. The maximum absolute atomic E-state index is 6.18. The maximum atomic E-state index is 6.18. The molecule has 2 N–H and O–H groups in total. The van der Waals surface area contributed by atoms with Gasteiger partial charge in [-0.2, -0.15) is 0 Å². The molecule has 0 amide bonds. The third-order valence-corrected chi connectivity index (χ3v) is 5.38. The van der Waals surface area contributed by atoms with E-state index in [1.807, 2.05) is 0 Å². The van der Waals surface area contributed by atoms with E-state index >= 15 is 0 Å². The van der Waals surface area contributed by atoms with Crippen molar-refractivity contribution in [3.8, 4) is 0 Å². The van der Waals surface area contributed by atoms with E-state index in [0.717, 1.165) is 12.6 Å². The summed E-state index contributed by atoms with van der Waals surface area (Å²) in [4.78, 5) is 2.76. The predicted octanol–water partition coefficient (Wildman–Crippen LogP) is 3.55. The lowest BCUT2D eigenvalue weighted by Gasteiger charge is -2.39. The Balaban J connectivity index is 1.97. The second-order valence-corrected chi connectivity index (χ2v) is 6.62. The minimum Gasteiger partial charge on any atom is -0.330 e. The van der Waals surface area contributed by atoms with E-state index in [9.17, 15) is 0 Å². The molecule has 2 heteroatoms. The number of hydrogen-bond acceptors (Lipinski definition) is 2. The lowest BCUT2D eigenvalue weighted by Crippen LogP contribution is -2.46. The predicted molar refractivity (Wildman–Crippen MR) is 78.7 cm³/mol. The minimum absolute atomic E-state index is 0.440. The molecule has 2 nitrogen and oxygen atoms in total. The molecule has 2 aliphatic carbocycles. The summed E-state index contributed by atoms with van der Waals surface area (Å²) in [5.41, 5.74) is 6.62. The lowest BCUT2D eigenvalue weighted by atomic mass is 9.79. The summed E-state index contributed by atoms with van der Waals surface area (Å²) in [6.45, 7) is 5.71. The van der Waals surface area contributed by atoms with E-state index in [-0.39, 0.29) is 0 Å². The summed E-state index contributed by atoms with van der Waals surface area (Å²) in [5, 5.41) is 0. The van der Waals surface area contributed by atoms with Gasteiger partial charge in [0.1, 0.15) is 0 Å². The van der Waals surface area contributed by atoms with Crippen LogP contribution in [0.1, 0.15) is 71.1 Å². The molecule has 0 bridgehead atoms. The summed E-state index contributed by atoms with van der Waals surface area (Å²) < 4.78 is 0. The fraction of sp³-hybridized carbons (Fsp3) is 1.00. The molecular formula is C16H32N2. The van der Waals surface area contributed by atoms with Gasteiger partial charge in [-0.1, -0.05) is 45.4 Å². The van der Waals surface area contributed by atoms with Gasteiger partial charge in [0.05, 0.1) is 0 Å². The Kier molecular flexibility index (Phi) is 5.50. The molecule has 0 unspecified atom stereocenters. The van der Waals surface area contributed by atoms with Gasteiger partial charge in [0.15, 0.2) is 0 Å². The van der Waals surface area contributed by atoms with Crippen molar-refractivity contribution >= 4 is 0 Å². The molecule has 0 heterocycles. The third kappa shape index (κ3) is 3.48. The molecule has 0 spiro atoms. The van der Waals surface area contributed by atoms with Gasteiger partial charge in [0, 0.05) is 12.6 Å². The molecule has 0 aromatic heterocycles. The first kappa shape index (κ1) is 14.3. The van der Waals surface area contributed by atoms with Gasteiger partial charge in [-0.15, -0.1) is 0 Å².